The standard InChI is InChI=1S/C21H31N7O/c1-5-22-21(23-12-17-6-8-18(9-7-17)14-25(2)3)27-10-11-28(20(29)16-27)19-13-24-26(4)15-19/h6-9,13,15H,5,10-12,14,16H2,1-4H3,(H,22,23). The molecule has 1 aromatic carbocycles. The lowest BCUT2D eigenvalue weighted by molar-refractivity contribution is -0.120. The fraction of sp³-hybridized carbons (Fsp3) is 0.476. The number of rotatable bonds is 6. The van der Waals surface area contributed by atoms with Gasteiger partial charge >= 0.3 is 0 Å². The minimum atomic E-state index is 0.0582. The second-order valence-electron chi connectivity index (χ2n) is 7.56. The van der Waals surface area contributed by atoms with E-state index in [1.807, 2.05) is 25.1 Å². The molecule has 0 spiro atoms. The molecule has 0 unspecified atom stereocenters. The van der Waals surface area contributed by atoms with Crippen molar-refractivity contribution in [3.63, 3.8) is 0 Å². The molecule has 1 N–H and O–H groups in total. The number of anilines is 1. The molecule has 1 aromatic heterocycles. The first kappa shape index (κ1) is 20.9. The number of aryl methyl sites for hydroxylation is 1. The van der Waals surface area contributed by atoms with Crippen LogP contribution >= 0.6 is 0 Å². The predicted molar refractivity (Wildman–Crippen MR) is 116 cm³/mol. The minimum absolute atomic E-state index is 0.0582. The van der Waals surface area contributed by atoms with Crippen molar-refractivity contribution in [2.45, 2.75) is 20.0 Å². The number of nitrogens with zero attached hydrogens (tertiary/aromatic N) is 6. The molecule has 2 heterocycles. The van der Waals surface area contributed by atoms with Gasteiger partial charge in [-0.2, -0.15) is 5.10 Å². The van der Waals surface area contributed by atoms with Crippen molar-refractivity contribution in [1.29, 1.82) is 0 Å². The molecule has 0 aliphatic carbocycles. The van der Waals surface area contributed by atoms with Gasteiger partial charge in [-0.25, -0.2) is 4.99 Å². The lowest BCUT2D eigenvalue weighted by Crippen LogP contribution is -2.55. The summed E-state index contributed by atoms with van der Waals surface area (Å²) in [6.45, 7) is 5.97. The molecular weight excluding hydrogens is 366 g/mol. The number of carbonyl (C=O) groups excluding carboxylic acids is 1. The highest BCUT2D eigenvalue weighted by atomic mass is 16.2. The van der Waals surface area contributed by atoms with Crippen molar-refractivity contribution in [3.8, 4) is 0 Å². The Bertz CT molecular complexity index is 841. The molecule has 2 aromatic rings. The maximum Gasteiger partial charge on any atom is 0.246 e. The van der Waals surface area contributed by atoms with Crippen LogP contribution in [-0.4, -0.2) is 71.7 Å². The number of hydrogen-bond donors (Lipinski definition) is 1. The third-order valence-electron chi connectivity index (χ3n) is 4.79. The summed E-state index contributed by atoms with van der Waals surface area (Å²) in [7, 11) is 5.99. The van der Waals surface area contributed by atoms with Crippen LogP contribution in [-0.2, 0) is 24.9 Å². The lowest BCUT2D eigenvalue weighted by atomic mass is 10.1. The normalized spacial score (nSPS) is 15.3. The molecule has 8 nitrogen and oxygen atoms in total. The fourth-order valence-electron chi connectivity index (χ4n) is 3.38. The van der Waals surface area contributed by atoms with Crippen LogP contribution in [0, 0.1) is 0 Å². The van der Waals surface area contributed by atoms with Crippen LogP contribution in [0.2, 0.25) is 0 Å². The predicted octanol–water partition coefficient (Wildman–Crippen LogP) is 1.30. The molecule has 1 fully saturated rings. The molecule has 1 saturated heterocycles. The molecule has 1 aliphatic heterocycles. The zero-order chi connectivity index (χ0) is 20.8. The smallest absolute Gasteiger partial charge is 0.246 e. The number of aliphatic imine (C=N–C) groups is 1. The first-order valence-corrected chi connectivity index (χ1v) is 10.0. The van der Waals surface area contributed by atoms with E-state index in [0.717, 1.165) is 36.8 Å². The number of piperazine rings is 1. The van der Waals surface area contributed by atoms with Crippen molar-refractivity contribution in [3.05, 3.63) is 47.8 Å². The molecule has 1 amide bonds. The van der Waals surface area contributed by atoms with E-state index in [4.69, 9.17) is 4.99 Å². The van der Waals surface area contributed by atoms with Gasteiger partial charge in [-0.3, -0.25) is 9.48 Å². The Morgan fingerprint density at radius 3 is 2.52 bits per heavy atom. The van der Waals surface area contributed by atoms with E-state index in [1.165, 1.54) is 5.56 Å². The van der Waals surface area contributed by atoms with Crippen LogP contribution < -0.4 is 10.2 Å². The van der Waals surface area contributed by atoms with Gasteiger partial charge in [0.15, 0.2) is 5.96 Å². The molecular formula is C21H31N7O. The summed E-state index contributed by atoms with van der Waals surface area (Å²) >= 11 is 0. The summed E-state index contributed by atoms with van der Waals surface area (Å²) in [4.78, 5) is 23.4. The van der Waals surface area contributed by atoms with Gasteiger partial charge in [0.1, 0.15) is 6.54 Å². The molecule has 0 bridgehead atoms. The van der Waals surface area contributed by atoms with E-state index in [2.05, 4.69) is 53.7 Å². The summed E-state index contributed by atoms with van der Waals surface area (Å²) in [5, 5.41) is 7.49. The van der Waals surface area contributed by atoms with Crippen LogP contribution in [0.25, 0.3) is 0 Å². The largest absolute Gasteiger partial charge is 0.356 e. The maximum atomic E-state index is 12.7. The summed E-state index contributed by atoms with van der Waals surface area (Å²) < 4.78 is 1.71. The molecule has 0 radical (unpaired) electrons. The fourth-order valence-corrected chi connectivity index (χ4v) is 3.38. The highest BCUT2D eigenvalue weighted by molar-refractivity contribution is 5.98. The zero-order valence-electron chi connectivity index (χ0n) is 17.8. The Morgan fingerprint density at radius 1 is 1.21 bits per heavy atom. The van der Waals surface area contributed by atoms with E-state index < -0.39 is 0 Å². The van der Waals surface area contributed by atoms with Crippen molar-refractivity contribution in [2.75, 3.05) is 45.2 Å². The van der Waals surface area contributed by atoms with Crippen LogP contribution in [0.1, 0.15) is 18.1 Å². The number of guanidine groups is 1. The quantitative estimate of drug-likeness (QED) is 0.588. The number of aromatic nitrogens is 2. The number of amides is 1. The van der Waals surface area contributed by atoms with Crippen molar-refractivity contribution >= 4 is 17.6 Å². The lowest BCUT2D eigenvalue weighted by Gasteiger charge is -2.35. The molecule has 29 heavy (non-hydrogen) atoms. The summed E-state index contributed by atoms with van der Waals surface area (Å²) in [6.07, 6.45) is 3.60. The second kappa shape index (κ2) is 9.56. The van der Waals surface area contributed by atoms with Gasteiger partial charge < -0.3 is 20.0 Å². The van der Waals surface area contributed by atoms with Crippen molar-refractivity contribution in [2.24, 2.45) is 12.0 Å². The second-order valence-corrected chi connectivity index (χ2v) is 7.56. The summed E-state index contributed by atoms with van der Waals surface area (Å²) in [5.41, 5.74) is 3.28. The van der Waals surface area contributed by atoms with E-state index in [9.17, 15) is 4.79 Å². The molecule has 3 rings (SSSR count). The monoisotopic (exact) mass is 397 g/mol. The molecule has 156 valence electrons. The average molecular weight is 398 g/mol. The van der Waals surface area contributed by atoms with E-state index in [0.29, 0.717) is 19.6 Å². The topological polar surface area (TPSA) is 69.0 Å². The van der Waals surface area contributed by atoms with Gasteiger partial charge in [-0.1, -0.05) is 24.3 Å². The Hall–Kier alpha value is -2.87. The highest BCUT2D eigenvalue weighted by Gasteiger charge is 2.27. The Labute approximate surface area is 172 Å². The summed E-state index contributed by atoms with van der Waals surface area (Å²) in [6, 6.07) is 8.54. The van der Waals surface area contributed by atoms with Gasteiger partial charge in [0.25, 0.3) is 0 Å². The first-order chi connectivity index (χ1) is 14.0. The first-order valence-electron chi connectivity index (χ1n) is 10.0. The number of hydrogen-bond acceptors (Lipinski definition) is 4. The third-order valence-corrected chi connectivity index (χ3v) is 4.79. The highest BCUT2D eigenvalue weighted by Crippen LogP contribution is 2.16. The molecule has 0 atom stereocenters. The van der Waals surface area contributed by atoms with Crippen LogP contribution in [0.4, 0.5) is 5.69 Å². The Balaban J connectivity index is 1.64. The van der Waals surface area contributed by atoms with Gasteiger partial charge in [-0.05, 0) is 32.1 Å². The van der Waals surface area contributed by atoms with Gasteiger partial charge in [0.2, 0.25) is 5.91 Å². The number of benzene rings is 1. The van der Waals surface area contributed by atoms with E-state index in [-0.39, 0.29) is 5.91 Å². The molecule has 1 aliphatic rings. The van der Waals surface area contributed by atoms with Gasteiger partial charge in [0, 0.05) is 39.4 Å². The average Bonchev–Trinajstić information content (AvgIpc) is 3.12. The SMILES string of the molecule is CCNC(=NCc1ccc(CN(C)C)cc1)N1CCN(c2cnn(C)c2)C(=O)C1. The number of nitrogens with one attached hydrogen (secondary N) is 1. The summed E-state index contributed by atoms with van der Waals surface area (Å²) in [5.74, 6) is 0.840. The van der Waals surface area contributed by atoms with Crippen molar-refractivity contribution in [1.82, 2.24) is 24.9 Å². The third kappa shape index (κ3) is 5.57. The van der Waals surface area contributed by atoms with Crippen LogP contribution in [0.15, 0.2) is 41.7 Å². The van der Waals surface area contributed by atoms with Crippen LogP contribution in [0.3, 0.4) is 0 Å². The zero-order valence-corrected chi connectivity index (χ0v) is 17.8. The maximum absolute atomic E-state index is 12.7. The molecule has 8 heteroatoms. The Morgan fingerprint density at radius 2 is 1.93 bits per heavy atom. The number of carbonyl (C=O) groups is 1. The van der Waals surface area contributed by atoms with E-state index in [1.54, 1.807) is 15.8 Å². The van der Waals surface area contributed by atoms with Crippen LogP contribution in [0.5, 0.6) is 0 Å². The minimum Gasteiger partial charge on any atom is -0.356 e. The van der Waals surface area contributed by atoms with Gasteiger partial charge in [0.05, 0.1) is 18.4 Å². The van der Waals surface area contributed by atoms with Crippen molar-refractivity contribution < 1.29 is 4.79 Å². The van der Waals surface area contributed by atoms with Gasteiger partial charge in [-0.15, -0.1) is 0 Å². The Kier molecular flexibility index (Phi) is 6.87. The molecule has 0 saturated carbocycles. The van der Waals surface area contributed by atoms with E-state index >= 15 is 0 Å².